The quantitative estimate of drug-likeness (QED) is 0.314. The lowest BCUT2D eigenvalue weighted by Gasteiger charge is -2.25. The smallest absolute Gasteiger partial charge is 0.348 e. The molecule has 2 aromatic rings. The molecule has 15 heteroatoms. The summed E-state index contributed by atoms with van der Waals surface area (Å²) in [6, 6.07) is 0. The number of rotatable bonds is 8. The van der Waals surface area contributed by atoms with Gasteiger partial charge in [-0.2, -0.15) is 9.97 Å². The van der Waals surface area contributed by atoms with Crippen LogP contribution in [0, 0.1) is 0 Å². The van der Waals surface area contributed by atoms with Crippen LogP contribution in [0.3, 0.4) is 0 Å². The number of carboxylic acids is 3. The SMILES string of the molecule is Nc1nc(Cl)nc2c1ncn2[C@@H]1O[C@H](COC(CC(=O)O)(C(=O)O)C(=O)O)C[C@@H]1F. The van der Waals surface area contributed by atoms with Crippen molar-refractivity contribution in [2.75, 3.05) is 12.3 Å². The van der Waals surface area contributed by atoms with Gasteiger partial charge in [-0.05, 0) is 11.6 Å². The first-order chi connectivity index (χ1) is 14.0. The van der Waals surface area contributed by atoms with Crippen molar-refractivity contribution in [2.45, 2.75) is 36.9 Å². The van der Waals surface area contributed by atoms with E-state index < -0.39 is 55.0 Å². The second-order valence-electron chi connectivity index (χ2n) is 6.42. The van der Waals surface area contributed by atoms with E-state index in [0.717, 1.165) is 0 Å². The van der Waals surface area contributed by atoms with Crippen molar-refractivity contribution in [3.63, 3.8) is 0 Å². The summed E-state index contributed by atoms with van der Waals surface area (Å²) >= 11 is 5.77. The van der Waals surface area contributed by atoms with Gasteiger partial charge in [-0.25, -0.2) is 19.0 Å². The summed E-state index contributed by atoms with van der Waals surface area (Å²) in [6.07, 6.45) is -4.40. The summed E-state index contributed by atoms with van der Waals surface area (Å²) < 4.78 is 26.3. The Morgan fingerprint density at radius 2 is 2.00 bits per heavy atom. The number of nitrogen functional groups attached to an aromatic ring is 1. The molecule has 0 unspecified atom stereocenters. The van der Waals surface area contributed by atoms with Gasteiger partial charge in [0, 0.05) is 6.42 Å². The van der Waals surface area contributed by atoms with E-state index in [9.17, 15) is 29.0 Å². The summed E-state index contributed by atoms with van der Waals surface area (Å²) in [5, 5.41) is 27.1. The zero-order valence-electron chi connectivity index (χ0n) is 14.9. The van der Waals surface area contributed by atoms with E-state index in [0.29, 0.717) is 0 Å². The number of hydrogen-bond donors (Lipinski definition) is 4. The first-order valence-electron chi connectivity index (χ1n) is 8.32. The maximum Gasteiger partial charge on any atom is 0.348 e. The number of hydrogen-bond acceptors (Lipinski definition) is 9. The first-order valence-corrected chi connectivity index (χ1v) is 8.70. The molecule has 5 N–H and O–H groups in total. The number of aromatic nitrogens is 4. The molecule has 0 radical (unpaired) electrons. The predicted molar refractivity (Wildman–Crippen MR) is 94.4 cm³/mol. The number of alkyl halides is 1. The van der Waals surface area contributed by atoms with E-state index in [4.69, 9.17) is 31.9 Å². The van der Waals surface area contributed by atoms with Crippen LogP contribution in [0.2, 0.25) is 5.28 Å². The Kier molecular flexibility index (Phi) is 5.74. The highest BCUT2D eigenvalue weighted by Gasteiger charge is 2.51. The molecule has 0 aromatic carbocycles. The molecule has 2 aromatic heterocycles. The third-order valence-corrected chi connectivity index (χ3v) is 4.60. The van der Waals surface area contributed by atoms with Gasteiger partial charge >= 0.3 is 17.9 Å². The Labute approximate surface area is 171 Å². The molecular weight excluding hydrogens is 433 g/mol. The Hall–Kier alpha value is -3.10. The average molecular weight is 448 g/mol. The van der Waals surface area contributed by atoms with Gasteiger partial charge in [0.15, 0.2) is 17.7 Å². The van der Waals surface area contributed by atoms with Gasteiger partial charge < -0.3 is 30.5 Å². The molecule has 30 heavy (non-hydrogen) atoms. The van der Waals surface area contributed by atoms with Crippen LogP contribution < -0.4 is 5.73 Å². The van der Waals surface area contributed by atoms with Crippen LogP contribution in [0.1, 0.15) is 19.1 Å². The van der Waals surface area contributed by atoms with Gasteiger partial charge in [0.2, 0.25) is 5.28 Å². The monoisotopic (exact) mass is 447 g/mol. The van der Waals surface area contributed by atoms with Gasteiger partial charge in [-0.15, -0.1) is 0 Å². The van der Waals surface area contributed by atoms with Crippen molar-refractivity contribution < 1.29 is 43.6 Å². The molecule has 3 heterocycles. The third-order valence-electron chi connectivity index (χ3n) is 4.43. The van der Waals surface area contributed by atoms with E-state index in [1.165, 1.54) is 10.9 Å². The highest BCUT2D eigenvalue weighted by molar-refractivity contribution is 6.28. The molecule has 1 saturated heterocycles. The number of nitrogens with two attached hydrogens (primary N) is 1. The standard InChI is InChI=1S/C15H15ClFN5O8/c16-14-20-9(18)8-10(21-14)22(4-19-8)11-6(17)1-5(30-11)3-29-15(12(25)26,13(27)28)2-7(23)24/h4-6,11H,1-3H2,(H,23,24)(H,25,26)(H,27,28)(H2,18,20,21)/t5-,6-,11+/m0/s1. The third kappa shape index (κ3) is 3.83. The zero-order valence-corrected chi connectivity index (χ0v) is 15.7. The number of anilines is 1. The molecule has 0 bridgehead atoms. The number of aliphatic carboxylic acids is 3. The summed E-state index contributed by atoms with van der Waals surface area (Å²) in [4.78, 5) is 45.4. The molecule has 13 nitrogen and oxygen atoms in total. The van der Waals surface area contributed by atoms with Crippen molar-refractivity contribution in [3.8, 4) is 0 Å². The molecule has 0 amide bonds. The first kappa shape index (κ1) is 21.6. The van der Waals surface area contributed by atoms with Crippen LogP contribution in [0.15, 0.2) is 6.33 Å². The number of fused-ring (bicyclic) bond motifs is 1. The molecular formula is C15H15ClFN5O8. The van der Waals surface area contributed by atoms with Crippen LogP contribution in [-0.2, 0) is 23.9 Å². The fourth-order valence-electron chi connectivity index (χ4n) is 3.02. The molecule has 1 aliphatic rings. The van der Waals surface area contributed by atoms with Crippen molar-refractivity contribution in [1.82, 2.24) is 19.5 Å². The zero-order chi connectivity index (χ0) is 22.2. The lowest BCUT2D eigenvalue weighted by Crippen LogP contribution is -2.51. The van der Waals surface area contributed by atoms with E-state index in [-0.39, 0.29) is 28.7 Å². The van der Waals surface area contributed by atoms with E-state index in [1.54, 1.807) is 0 Å². The van der Waals surface area contributed by atoms with Gasteiger partial charge in [0.25, 0.3) is 5.60 Å². The minimum atomic E-state index is -3.05. The van der Waals surface area contributed by atoms with Crippen LogP contribution >= 0.6 is 11.6 Å². The predicted octanol–water partition coefficient (Wildman–Crippen LogP) is 0.0868. The van der Waals surface area contributed by atoms with E-state index >= 15 is 0 Å². The second kappa shape index (κ2) is 7.97. The number of carbonyl (C=O) groups is 3. The maximum absolute atomic E-state index is 14.6. The molecule has 0 saturated carbocycles. The number of ether oxygens (including phenoxy) is 2. The lowest BCUT2D eigenvalue weighted by atomic mass is 10.00. The summed E-state index contributed by atoms with van der Waals surface area (Å²) in [5.41, 5.74) is 2.91. The molecule has 162 valence electrons. The molecule has 1 fully saturated rings. The van der Waals surface area contributed by atoms with E-state index in [2.05, 4.69) is 15.0 Å². The lowest BCUT2D eigenvalue weighted by molar-refractivity contribution is -0.192. The fourth-order valence-corrected chi connectivity index (χ4v) is 3.19. The topological polar surface area (TPSA) is 200 Å². The highest BCUT2D eigenvalue weighted by atomic mass is 35.5. The number of halogens is 2. The fraction of sp³-hybridized carbons (Fsp3) is 0.467. The van der Waals surface area contributed by atoms with Gasteiger partial charge in [-0.3, -0.25) is 9.36 Å². The molecule has 3 atom stereocenters. The molecule has 3 rings (SSSR count). The minimum absolute atomic E-state index is 0.0293. The molecule has 0 spiro atoms. The molecule has 1 aliphatic heterocycles. The summed E-state index contributed by atoms with van der Waals surface area (Å²) in [5.74, 6) is -5.75. The van der Waals surface area contributed by atoms with Crippen LogP contribution in [0.4, 0.5) is 10.2 Å². The Morgan fingerprint density at radius 1 is 1.33 bits per heavy atom. The molecule has 0 aliphatic carbocycles. The van der Waals surface area contributed by atoms with Crippen LogP contribution in [0.25, 0.3) is 11.2 Å². The van der Waals surface area contributed by atoms with Crippen molar-refractivity contribution >= 4 is 46.5 Å². The van der Waals surface area contributed by atoms with Crippen LogP contribution in [0.5, 0.6) is 0 Å². The highest BCUT2D eigenvalue weighted by Crippen LogP contribution is 2.35. The number of nitrogens with zero attached hydrogens (tertiary/aromatic N) is 4. The van der Waals surface area contributed by atoms with Crippen molar-refractivity contribution in [3.05, 3.63) is 11.6 Å². The summed E-state index contributed by atoms with van der Waals surface area (Å²) in [7, 11) is 0. The Balaban J connectivity index is 1.79. The van der Waals surface area contributed by atoms with Gasteiger partial charge in [0.1, 0.15) is 11.7 Å². The Bertz CT molecular complexity index is 1000. The summed E-state index contributed by atoms with van der Waals surface area (Å²) in [6.45, 7) is -0.687. The Morgan fingerprint density at radius 3 is 2.60 bits per heavy atom. The number of imidazole rings is 1. The minimum Gasteiger partial charge on any atom is -0.481 e. The van der Waals surface area contributed by atoms with Gasteiger partial charge in [-0.1, -0.05) is 0 Å². The second-order valence-corrected chi connectivity index (χ2v) is 6.76. The largest absolute Gasteiger partial charge is 0.481 e. The van der Waals surface area contributed by atoms with E-state index in [1.807, 2.05) is 0 Å². The van der Waals surface area contributed by atoms with Crippen molar-refractivity contribution in [2.24, 2.45) is 0 Å². The normalized spacial score (nSPS) is 21.7. The maximum atomic E-state index is 14.6. The van der Waals surface area contributed by atoms with Gasteiger partial charge in [0.05, 0.1) is 25.5 Å². The van der Waals surface area contributed by atoms with Crippen molar-refractivity contribution in [1.29, 1.82) is 0 Å². The number of carboxylic acid groups (broad SMARTS) is 3. The average Bonchev–Trinajstić information content (AvgIpc) is 3.20. The van der Waals surface area contributed by atoms with Crippen LogP contribution in [-0.4, -0.2) is 77.2 Å².